The fraction of sp³-hybridized carbons (Fsp3) is 0.500. The van der Waals surface area contributed by atoms with Gasteiger partial charge in [-0.25, -0.2) is 0 Å². The standard InChI is InChI=1S/C4H8NS2.Y/c1-3-5-4(6)7-2;/h2-3H2,1H3,(H,5,6);/q-1;+3. The zero-order valence-electron chi connectivity index (χ0n) is 4.81. The number of nitrogens with one attached hydrogen (secondary N) is 1. The van der Waals surface area contributed by atoms with Gasteiger partial charge >= 0.3 is 32.7 Å². The molecule has 0 radical (unpaired) electrons. The van der Waals surface area contributed by atoms with Crippen LogP contribution in [-0.2, 0) is 32.7 Å². The molecule has 1 N–H and O–H groups in total. The smallest absolute Gasteiger partial charge is 0.373 e. The van der Waals surface area contributed by atoms with Gasteiger partial charge in [-0.05, 0) is 6.92 Å². The van der Waals surface area contributed by atoms with Gasteiger partial charge in [0, 0.05) is 6.54 Å². The van der Waals surface area contributed by atoms with Crippen molar-refractivity contribution in [2.45, 2.75) is 6.92 Å². The van der Waals surface area contributed by atoms with Crippen LogP contribution in [0.4, 0.5) is 0 Å². The minimum atomic E-state index is 0. The van der Waals surface area contributed by atoms with Gasteiger partial charge in [-0.3, -0.25) is 18.0 Å². The topological polar surface area (TPSA) is 12.0 Å². The molecule has 0 aliphatic rings. The van der Waals surface area contributed by atoms with Gasteiger partial charge in [-0.15, -0.1) is 0 Å². The SMILES string of the molecule is [CH2-]SC(=S)NCC.[Y+3]. The number of thiocarbonyl (C=S) groups is 1. The Morgan fingerprint density at radius 1 is 1.88 bits per heavy atom. The van der Waals surface area contributed by atoms with Gasteiger partial charge in [0.05, 0.1) is 0 Å². The van der Waals surface area contributed by atoms with Crippen LogP contribution in [0.25, 0.3) is 0 Å². The van der Waals surface area contributed by atoms with Gasteiger partial charge in [0.15, 0.2) is 0 Å². The summed E-state index contributed by atoms with van der Waals surface area (Å²) in [6.07, 6.45) is 3.52. The Bertz CT molecular complexity index is 67.1. The molecule has 0 aliphatic carbocycles. The summed E-state index contributed by atoms with van der Waals surface area (Å²) < 4.78 is 0.766. The van der Waals surface area contributed by atoms with E-state index < -0.39 is 0 Å². The first-order valence-corrected chi connectivity index (χ1v) is 3.40. The Hall–Kier alpha value is 1.34. The Morgan fingerprint density at radius 3 is 2.50 bits per heavy atom. The zero-order chi connectivity index (χ0) is 5.70. The van der Waals surface area contributed by atoms with Crippen molar-refractivity contribution < 1.29 is 32.7 Å². The van der Waals surface area contributed by atoms with Crippen molar-refractivity contribution in [3.05, 3.63) is 6.26 Å². The van der Waals surface area contributed by atoms with Gasteiger partial charge in [0.25, 0.3) is 0 Å². The van der Waals surface area contributed by atoms with E-state index in [0.717, 1.165) is 10.9 Å². The van der Waals surface area contributed by atoms with Crippen molar-refractivity contribution in [1.82, 2.24) is 5.32 Å². The minimum absolute atomic E-state index is 0. The Balaban J connectivity index is 0. The van der Waals surface area contributed by atoms with Crippen molar-refractivity contribution in [3.63, 3.8) is 0 Å². The predicted molar refractivity (Wildman–Crippen MR) is 39.2 cm³/mol. The molecule has 0 fully saturated rings. The van der Waals surface area contributed by atoms with E-state index in [9.17, 15) is 0 Å². The summed E-state index contributed by atoms with van der Waals surface area (Å²) in [4.78, 5) is 0. The number of thioether (sulfide) groups is 1. The van der Waals surface area contributed by atoms with Gasteiger partial charge in [-0.2, -0.15) is 0 Å². The monoisotopic (exact) mass is 223 g/mol. The van der Waals surface area contributed by atoms with E-state index in [-0.39, 0.29) is 32.7 Å². The first kappa shape index (κ1) is 12.1. The van der Waals surface area contributed by atoms with E-state index >= 15 is 0 Å². The van der Waals surface area contributed by atoms with Gasteiger partial charge < -0.3 is 5.32 Å². The number of hydrogen-bond acceptors (Lipinski definition) is 2. The fourth-order valence-corrected chi connectivity index (χ4v) is 0.586. The van der Waals surface area contributed by atoms with Crippen LogP contribution in [0.2, 0.25) is 0 Å². The first-order chi connectivity index (χ1) is 3.31. The summed E-state index contributed by atoms with van der Waals surface area (Å²) in [6.45, 7) is 2.89. The average molecular weight is 223 g/mol. The molecule has 0 spiro atoms. The summed E-state index contributed by atoms with van der Waals surface area (Å²) in [5.41, 5.74) is 0. The average Bonchev–Trinajstić information content (AvgIpc) is 1.68. The molecule has 0 unspecified atom stereocenters. The molecule has 0 saturated heterocycles. The zero-order valence-corrected chi connectivity index (χ0v) is 9.28. The number of hydrogen-bond donors (Lipinski definition) is 1. The first-order valence-electron chi connectivity index (χ1n) is 2.01. The Labute approximate surface area is 85.2 Å². The van der Waals surface area contributed by atoms with E-state index in [2.05, 4.69) is 11.6 Å². The molecule has 0 aromatic rings. The molecule has 0 bridgehead atoms. The van der Waals surface area contributed by atoms with Crippen LogP contribution in [0.3, 0.4) is 0 Å². The maximum absolute atomic E-state index is 4.74. The van der Waals surface area contributed by atoms with Crippen molar-refractivity contribution in [2.75, 3.05) is 6.54 Å². The van der Waals surface area contributed by atoms with Crippen LogP contribution >= 0.6 is 24.0 Å². The molecule has 4 heteroatoms. The molecule has 1 nitrogen and oxygen atoms in total. The van der Waals surface area contributed by atoms with Gasteiger partial charge in [0.1, 0.15) is 4.32 Å². The summed E-state index contributed by atoms with van der Waals surface area (Å²) >= 11 is 6.06. The number of rotatable bonds is 1. The molecule has 0 amide bonds. The molecule has 0 heterocycles. The third-order valence-corrected chi connectivity index (χ3v) is 1.36. The van der Waals surface area contributed by atoms with Crippen LogP contribution in [0.15, 0.2) is 0 Å². The third kappa shape index (κ3) is 7.34. The summed E-state index contributed by atoms with van der Waals surface area (Å²) in [6, 6.07) is 0. The largest absolute Gasteiger partial charge is 3.00 e. The van der Waals surface area contributed by atoms with Crippen LogP contribution < -0.4 is 5.32 Å². The summed E-state index contributed by atoms with van der Waals surface area (Å²) in [5.74, 6) is 0. The van der Waals surface area contributed by atoms with E-state index in [1.165, 1.54) is 11.8 Å². The summed E-state index contributed by atoms with van der Waals surface area (Å²) in [5, 5.41) is 2.93. The molecule has 42 valence electrons. The second kappa shape index (κ2) is 8.34. The molecule has 8 heavy (non-hydrogen) atoms. The van der Waals surface area contributed by atoms with Crippen LogP contribution in [0.5, 0.6) is 0 Å². The van der Waals surface area contributed by atoms with Crippen LogP contribution in [0.1, 0.15) is 6.92 Å². The minimum Gasteiger partial charge on any atom is -0.373 e. The van der Waals surface area contributed by atoms with Gasteiger partial charge in [-0.1, -0.05) is 12.2 Å². The molecular formula is C4H8NS2Y+2. The molecule has 0 rings (SSSR count). The maximum atomic E-state index is 4.74. The van der Waals surface area contributed by atoms with Crippen molar-refractivity contribution in [2.24, 2.45) is 0 Å². The Kier molecular flexibility index (Phi) is 12.6. The summed E-state index contributed by atoms with van der Waals surface area (Å²) in [7, 11) is 0. The molecule has 0 aliphatic heterocycles. The second-order valence-corrected chi connectivity index (χ2v) is 2.33. The van der Waals surface area contributed by atoms with Crippen molar-refractivity contribution in [1.29, 1.82) is 0 Å². The third-order valence-electron chi connectivity index (χ3n) is 0.452. The fourth-order valence-electron chi connectivity index (χ4n) is 0.195. The Morgan fingerprint density at radius 2 is 2.38 bits per heavy atom. The molecule has 0 atom stereocenters. The maximum Gasteiger partial charge on any atom is 3.00 e. The van der Waals surface area contributed by atoms with E-state index in [1.807, 2.05) is 6.92 Å². The van der Waals surface area contributed by atoms with E-state index in [0.29, 0.717) is 0 Å². The van der Waals surface area contributed by atoms with E-state index in [4.69, 9.17) is 12.2 Å². The quantitative estimate of drug-likeness (QED) is 0.533. The van der Waals surface area contributed by atoms with Crippen LogP contribution in [-0.4, -0.2) is 10.9 Å². The van der Waals surface area contributed by atoms with E-state index in [1.54, 1.807) is 0 Å². The molecule has 0 aromatic carbocycles. The van der Waals surface area contributed by atoms with Gasteiger partial charge in [0.2, 0.25) is 0 Å². The predicted octanol–water partition coefficient (Wildman–Crippen LogP) is 1.40. The second-order valence-electron chi connectivity index (χ2n) is 0.962. The van der Waals surface area contributed by atoms with Crippen molar-refractivity contribution in [3.8, 4) is 0 Å². The normalized spacial score (nSPS) is 7.25. The molecule has 0 aromatic heterocycles. The van der Waals surface area contributed by atoms with Crippen LogP contribution in [0, 0.1) is 6.26 Å². The molecule has 0 saturated carbocycles. The van der Waals surface area contributed by atoms with Crippen molar-refractivity contribution >= 4 is 28.3 Å². The molecular weight excluding hydrogens is 215 g/mol.